The number of aliphatic imine (C=N–C) groups is 1. The average Bonchev–Trinajstić information content (AvgIpc) is 2.69. The van der Waals surface area contributed by atoms with Gasteiger partial charge in [-0.1, -0.05) is 35.3 Å². The van der Waals surface area contributed by atoms with Crippen molar-refractivity contribution in [3.8, 4) is 0 Å². The minimum atomic E-state index is -1.13. The molecule has 1 heterocycles. The van der Waals surface area contributed by atoms with Crippen LogP contribution in [-0.2, 0) is 0 Å². The van der Waals surface area contributed by atoms with E-state index in [1.54, 1.807) is 60.9 Å². The third-order valence-corrected chi connectivity index (χ3v) is 4.98. The number of aliphatic hydroxyl groups excluding tert-OH is 1. The Labute approximate surface area is 167 Å². The molecule has 0 fully saturated rings. The second-order valence-corrected chi connectivity index (χ2v) is 7.16. The molecule has 1 aliphatic rings. The third kappa shape index (κ3) is 4.53. The standard InChI is InChI=1S/C21H18Cl2N2O2/c22-16-7-3-13(4-8-16)19(24)18(21(27)15-2-1-11-25-12-15)20(26)14-5-9-17(23)10-6-14/h3-12,18,21,24,27H,1-2H2. The SMILES string of the molecule is N=C(c1ccc(Cl)cc1)C(C(=O)c1ccc(Cl)cc1)C(O)C1=CN=CCC1. The van der Waals surface area contributed by atoms with E-state index >= 15 is 0 Å². The number of ketones is 1. The van der Waals surface area contributed by atoms with Crippen molar-refractivity contribution in [3.05, 3.63) is 81.5 Å². The lowest BCUT2D eigenvalue weighted by atomic mass is 9.81. The van der Waals surface area contributed by atoms with Crippen molar-refractivity contribution in [2.24, 2.45) is 10.9 Å². The summed E-state index contributed by atoms with van der Waals surface area (Å²) in [4.78, 5) is 17.3. The predicted molar refractivity (Wildman–Crippen MR) is 109 cm³/mol. The van der Waals surface area contributed by atoms with Gasteiger partial charge in [0.2, 0.25) is 0 Å². The number of Topliss-reactive ketones (excluding diaryl/α,β-unsaturated/α-hetero) is 1. The molecule has 1 aliphatic heterocycles. The summed E-state index contributed by atoms with van der Waals surface area (Å²) in [5, 5.41) is 20.6. The Balaban J connectivity index is 1.99. The van der Waals surface area contributed by atoms with E-state index in [4.69, 9.17) is 28.6 Å². The number of hydrogen-bond donors (Lipinski definition) is 2. The Kier molecular flexibility index (Phi) is 6.22. The Morgan fingerprint density at radius 2 is 1.56 bits per heavy atom. The van der Waals surface area contributed by atoms with Crippen molar-refractivity contribution in [2.75, 3.05) is 0 Å². The van der Waals surface area contributed by atoms with Crippen molar-refractivity contribution in [1.82, 2.24) is 0 Å². The van der Waals surface area contributed by atoms with Crippen LogP contribution in [-0.4, -0.2) is 28.9 Å². The first-order chi connectivity index (χ1) is 13.0. The molecule has 0 bridgehead atoms. The quantitative estimate of drug-likeness (QED) is 0.530. The molecule has 0 spiro atoms. The maximum absolute atomic E-state index is 13.2. The van der Waals surface area contributed by atoms with E-state index in [9.17, 15) is 9.90 Å². The molecular weight excluding hydrogens is 383 g/mol. The number of benzene rings is 2. The highest BCUT2D eigenvalue weighted by molar-refractivity contribution is 6.31. The maximum atomic E-state index is 13.2. The third-order valence-electron chi connectivity index (χ3n) is 4.48. The van der Waals surface area contributed by atoms with Crippen LogP contribution in [0.3, 0.4) is 0 Å². The van der Waals surface area contributed by atoms with Crippen LogP contribution in [0, 0.1) is 11.3 Å². The van der Waals surface area contributed by atoms with Gasteiger partial charge in [0.05, 0.1) is 17.7 Å². The zero-order valence-electron chi connectivity index (χ0n) is 14.4. The van der Waals surface area contributed by atoms with Crippen molar-refractivity contribution >= 4 is 40.9 Å². The summed E-state index contributed by atoms with van der Waals surface area (Å²) >= 11 is 11.8. The van der Waals surface area contributed by atoms with E-state index < -0.39 is 12.0 Å². The summed E-state index contributed by atoms with van der Waals surface area (Å²) in [6, 6.07) is 13.1. The molecule has 2 aromatic rings. The lowest BCUT2D eigenvalue weighted by Crippen LogP contribution is -2.37. The van der Waals surface area contributed by atoms with Crippen LogP contribution in [0.1, 0.15) is 28.8 Å². The number of nitrogens with zero attached hydrogens (tertiary/aromatic N) is 1. The lowest BCUT2D eigenvalue weighted by molar-refractivity contribution is 0.0844. The van der Waals surface area contributed by atoms with Crippen LogP contribution in [0.4, 0.5) is 0 Å². The highest BCUT2D eigenvalue weighted by Gasteiger charge is 2.34. The second kappa shape index (κ2) is 8.61. The van der Waals surface area contributed by atoms with Gasteiger partial charge in [-0.15, -0.1) is 0 Å². The largest absolute Gasteiger partial charge is 0.388 e. The fraction of sp³-hybridized carbons (Fsp3) is 0.190. The van der Waals surface area contributed by atoms with Crippen LogP contribution in [0.5, 0.6) is 0 Å². The van der Waals surface area contributed by atoms with E-state index in [2.05, 4.69) is 4.99 Å². The van der Waals surface area contributed by atoms with Gasteiger partial charge in [-0.3, -0.25) is 9.79 Å². The van der Waals surface area contributed by atoms with Gasteiger partial charge in [0.1, 0.15) is 0 Å². The van der Waals surface area contributed by atoms with Crippen molar-refractivity contribution in [3.63, 3.8) is 0 Å². The zero-order chi connectivity index (χ0) is 19.4. The van der Waals surface area contributed by atoms with Gasteiger partial charge in [0.15, 0.2) is 5.78 Å². The minimum Gasteiger partial charge on any atom is -0.388 e. The van der Waals surface area contributed by atoms with Crippen LogP contribution < -0.4 is 0 Å². The van der Waals surface area contributed by atoms with Gasteiger partial charge >= 0.3 is 0 Å². The first-order valence-corrected chi connectivity index (χ1v) is 9.26. The maximum Gasteiger partial charge on any atom is 0.174 e. The highest BCUT2D eigenvalue weighted by atomic mass is 35.5. The Hall–Kier alpha value is -2.27. The molecule has 6 heteroatoms. The van der Waals surface area contributed by atoms with Crippen molar-refractivity contribution in [1.29, 1.82) is 5.41 Å². The van der Waals surface area contributed by atoms with Crippen molar-refractivity contribution in [2.45, 2.75) is 18.9 Å². The van der Waals surface area contributed by atoms with Gasteiger partial charge in [-0.05, 0) is 60.4 Å². The van der Waals surface area contributed by atoms with Gasteiger partial charge in [0, 0.05) is 28.0 Å². The molecule has 0 aliphatic carbocycles. The van der Waals surface area contributed by atoms with Crippen LogP contribution in [0.25, 0.3) is 0 Å². The summed E-state index contributed by atoms with van der Waals surface area (Å²) < 4.78 is 0. The van der Waals surface area contributed by atoms with E-state index in [-0.39, 0.29) is 11.5 Å². The number of nitrogens with one attached hydrogen (secondary N) is 1. The fourth-order valence-electron chi connectivity index (χ4n) is 2.99. The number of carbonyl (C=O) groups is 1. The average molecular weight is 401 g/mol. The number of aliphatic hydroxyl groups is 1. The summed E-state index contributed by atoms with van der Waals surface area (Å²) in [6.07, 6.45) is 3.50. The molecule has 27 heavy (non-hydrogen) atoms. The number of hydrogen-bond acceptors (Lipinski definition) is 4. The van der Waals surface area contributed by atoms with Gasteiger partial charge < -0.3 is 10.5 Å². The number of halogens is 2. The first kappa shape index (κ1) is 19.5. The first-order valence-electron chi connectivity index (χ1n) is 8.50. The summed E-state index contributed by atoms with van der Waals surface area (Å²) in [5.41, 5.74) is 1.60. The monoisotopic (exact) mass is 400 g/mol. The number of rotatable bonds is 6. The molecule has 3 rings (SSSR count). The topological polar surface area (TPSA) is 73.5 Å². The van der Waals surface area contributed by atoms with E-state index in [0.29, 0.717) is 39.6 Å². The van der Waals surface area contributed by atoms with Gasteiger partial charge in [0.25, 0.3) is 0 Å². The summed E-state index contributed by atoms with van der Waals surface area (Å²) in [7, 11) is 0. The molecule has 0 saturated carbocycles. The Morgan fingerprint density at radius 1 is 1.00 bits per heavy atom. The molecule has 4 nitrogen and oxygen atoms in total. The van der Waals surface area contributed by atoms with E-state index in [0.717, 1.165) is 0 Å². The fourth-order valence-corrected chi connectivity index (χ4v) is 3.24. The predicted octanol–water partition coefficient (Wildman–Crippen LogP) is 4.97. The van der Waals surface area contributed by atoms with E-state index in [1.807, 2.05) is 0 Å². The molecule has 138 valence electrons. The summed E-state index contributed by atoms with van der Waals surface area (Å²) in [6.45, 7) is 0. The molecule has 2 atom stereocenters. The Morgan fingerprint density at radius 3 is 2.07 bits per heavy atom. The van der Waals surface area contributed by atoms with Crippen LogP contribution >= 0.6 is 23.2 Å². The summed E-state index contributed by atoms with van der Waals surface area (Å²) in [5.74, 6) is -1.39. The molecule has 0 radical (unpaired) electrons. The number of carbonyl (C=O) groups excluding carboxylic acids is 1. The molecular formula is C21H18Cl2N2O2. The van der Waals surface area contributed by atoms with Gasteiger partial charge in [-0.2, -0.15) is 0 Å². The van der Waals surface area contributed by atoms with Crippen molar-refractivity contribution < 1.29 is 9.90 Å². The van der Waals surface area contributed by atoms with Crippen LogP contribution in [0.15, 0.2) is 65.3 Å². The molecule has 2 aromatic carbocycles. The molecule has 2 N–H and O–H groups in total. The Bertz CT molecular complexity index is 845. The zero-order valence-corrected chi connectivity index (χ0v) is 15.9. The molecule has 2 unspecified atom stereocenters. The molecule has 0 saturated heterocycles. The molecule has 0 aromatic heterocycles. The lowest BCUT2D eigenvalue weighted by Gasteiger charge is -2.25. The highest BCUT2D eigenvalue weighted by Crippen LogP contribution is 2.27. The minimum absolute atomic E-state index is 0.0366. The normalized spacial score (nSPS) is 15.7. The smallest absolute Gasteiger partial charge is 0.174 e. The van der Waals surface area contributed by atoms with E-state index in [1.165, 1.54) is 0 Å². The van der Waals surface area contributed by atoms with Crippen LogP contribution in [0.2, 0.25) is 10.0 Å². The molecule has 0 amide bonds. The second-order valence-electron chi connectivity index (χ2n) is 6.29. The van der Waals surface area contributed by atoms with Gasteiger partial charge in [-0.25, -0.2) is 0 Å².